The molecule has 2 atom stereocenters. The molecule has 9 heteroatoms. The van der Waals surface area contributed by atoms with E-state index < -0.39 is 0 Å². The molecule has 1 aliphatic carbocycles. The maximum Gasteiger partial charge on any atom is 0.299 e. The van der Waals surface area contributed by atoms with Crippen molar-refractivity contribution in [1.29, 1.82) is 0 Å². The zero-order valence-corrected chi connectivity index (χ0v) is 18.3. The van der Waals surface area contributed by atoms with Crippen molar-refractivity contribution in [1.82, 2.24) is 14.5 Å². The number of benzene rings is 1. The average molecular weight is 447 g/mol. The number of likely N-dealkylation sites (N-methyl/N-ethyl adjacent to an activating group) is 1. The number of aliphatic hydroxyl groups excluding tert-OH is 1. The van der Waals surface area contributed by atoms with Gasteiger partial charge in [-0.15, -0.1) is 0 Å². The number of halogens is 1. The maximum absolute atomic E-state index is 13.6. The lowest BCUT2D eigenvalue weighted by molar-refractivity contribution is 0.0643. The Morgan fingerprint density at radius 3 is 2.68 bits per heavy atom. The summed E-state index contributed by atoms with van der Waals surface area (Å²) in [5.41, 5.74) is 1.50. The number of amides is 1. The number of ether oxygens (including phenoxy) is 2. The number of carbonyl (C=O) groups is 1. The van der Waals surface area contributed by atoms with E-state index in [0.717, 1.165) is 31.2 Å². The quantitative estimate of drug-likeness (QED) is 0.658. The number of aromatic nitrogens is 2. The predicted molar refractivity (Wildman–Crippen MR) is 115 cm³/mol. The van der Waals surface area contributed by atoms with Gasteiger partial charge in [0.05, 0.1) is 6.54 Å². The molecule has 31 heavy (non-hydrogen) atoms. The van der Waals surface area contributed by atoms with E-state index >= 15 is 0 Å². The highest BCUT2D eigenvalue weighted by Gasteiger charge is 2.54. The van der Waals surface area contributed by atoms with Crippen LogP contribution < -0.4 is 9.64 Å². The molecule has 1 N–H and O–H groups in total. The van der Waals surface area contributed by atoms with Crippen molar-refractivity contribution < 1.29 is 19.4 Å². The number of imidazole rings is 1. The van der Waals surface area contributed by atoms with Gasteiger partial charge in [0.25, 0.3) is 11.9 Å². The van der Waals surface area contributed by atoms with Crippen LogP contribution in [0.1, 0.15) is 48.2 Å². The molecule has 0 radical (unpaired) electrons. The first-order chi connectivity index (χ1) is 15.1. The van der Waals surface area contributed by atoms with E-state index in [1.165, 1.54) is 0 Å². The highest BCUT2D eigenvalue weighted by Crippen LogP contribution is 2.41. The normalized spacial score (nSPS) is 23.0. The zero-order chi connectivity index (χ0) is 21.5. The molecule has 3 heterocycles. The molecule has 0 bridgehead atoms. The van der Waals surface area contributed by atoms with Crippen LogP contribution in [0.25, 0.3) is 0 Å². The first kappa shape index (κ1) is 20.6. The van der Waals surface area contributed by atoms with Crippen LogP contribution in [0, 0.1) is 0 Å². The first-order valence-corrected chi connectivity index (χ1v) is 11.3. The fourth-order valence-corrected chi connectivity index (χ4v) is 4.62. The fourth-order valence-electron chi connectivity index (χ4n) is 4.49. The minimum atomic E-state index is -0.318. The lowest BCUT2D eigenvalue weighted by Gasteiger charge is -2.21. The molecular weight excluding hydrogens is 420 g/mol. The van der Waals surface area contributed by atoms with E-state index in [0.29, 0.717) is 42.1 Å². The van der Waals surface area contributed by atoms with Gasteiger partial charge in [0, 0.05) is 25.2 Å². The van der Waals surface area contributed by atoms with Crippen LogP contribution in [0.2, 0.25) is 5.02 Å². The topological polar surface area (TPSA) is 83.4 Å². The first-order valence-electron chi connectivity index (χ1n) is 10.9. The summed E-state index contributed by atoms with van der Waals surface area (Å²) in [5, 5.41) is 9.96. The van der Waals surface area contributed by atoms with Crippen molar-refractivity contribution in [3.63, 3.8) is 0 Å². The summed E-state index contributed by atoms with van der Waals surface area (Å²) in [4.78, 5) is 22.0. The lowest BCUT2D eigenvalue weighted by atomic mass is 10.2. The van der Waals surface area contributed by atoms with Crippen LogP contribution in [0.3, 0.4) is 0 Å². The highest BCUT2D eigenvalue weighted by molar-refractivity contribution is 6.30. The van der Waals surface area contributed by atoms with E-state index in [1.807, 2.05) is 40.8 Å². The van der Waals surface area contributed by atoms with Crippen LogP contribution in [0.4, 0.5) is 5.82 Å². The average Bonchev–Trinajstić information content (AvgIpc) is 3.24. The summed E-state index contributed by atoms with van der Waals surface area (Å²) in [6, 6.07) is 8.04. The van der Waals surface area contributed by atoms with Crippen LogP contribution in [0.5, 0.6) is 6.01 Å². The molecule has 166 valence electrons. The number of aliphatic hydroxyl groups is 1. The smallest absolute Gasteiger partial charge is 0.299 e. The van der Waals surface area contributed by atoms with Gasteiger partial charge in [0.1, 0.15) is 6.10 Å². The third kappa shape index (κ3) is 3.88. The Balaban J connectivity index is 1.56. The Morgan fingerprint density at radius 1 is 1.23 bits per heavy atom. The largest absolute Gasteiger partial charge is 0.461 e. The van der Waals surface area contributed by atoms with Crippen LogP contribution in [-0.4, -0.2) is 64.2 Å². The Hall–Kier alpha value is -2.29. The van der Waals surface area contributed by atoms with Gasteiger partial charge >= 0.3 is 0 Å². The van der Waals surface area contributed by atoms with Crippen molar-refractivity contribution in [2.45, 2.75) is 57.2 Å². The molecule has 1 aromatic heterocycles. The number of carbonyl (C=O) groups excluding carboxylic acids is 1. The van der Waals surface area contributed by atoms with E-state index in [-0.39, 0.29) is 31.1 Å². The lowest BCUT2D eigenvalue weighted by Crippen LogP contribution is -2.37. The second-order valence-electron chi connectivity index (χ2n) is 8.41. The highest BCUT2D eigenvalue weighted by atomic mass is 35.5. The summed E-state index contributed by atoms with van der Waals surface area (Å²) >= 11 is 6.06. The van der Waals surface area contributed by atoms with E-state index in [2.05, 4.69) is 0 Å². The van der Waals surface area contributed by atoms with Gasteiger partial charge in [-0.05, 0) is 49.8 Å². The van der Waals surface area contributed by atoms with Crippen molar-refractivity contribution >= 4 is 23.3 Å². The molecule has 2 aromatic rings. The Kier molecular flexibility index (Phi) is 5.54. The number of fused-ring (bicyclic) bond motifs is 2. The van der Waals surface area contributed by atoms with E-state index in [4.69, 9.17) is 26.1 Å². The number of hydrogen-bond donors (Lipinski definition) is 1. The van der Waals surface area contributed by atoms with Crippen molar-refractivity contribution in [2.75, 3.05) is 25.1 Å². The molecule has 0 spiro atoms. The SMILES string of the molecule is CN1c2nc(OC3CCCC3)n(Cc3ccc(Cl)cc3)c2C(=O)N(CCCO)C2OC21. The van der Waals surface area contributed by atoms with Gasteiger partial charge in [-0.2, -0.15) is 4.98 Å². The van der Waals surface area contributed by atoms with Crippen LogP contribution in [0.15, 0.2) is 24.3 Å². The second-order valence-corrected chi connectivity index (χ2v) is 8.84. The van der Waals surface area contributed by atoms with Crippen LogP contribution >= 0.6 is 11.6 Å². The monoisotopic (exact) mass is 446 g/mol. The van der Waals surface area contributed by atoms with Gasteiger partial charge in [0.15, 0.2) is 24.0 Å². The fraction of sp³-hybridized carbons (Fsp3) is 0.545. The minimum Gasteiger partial charge on any atom is -0.461 e. The van der Waals surface area contributed by atoms with Gasteiger partial charge in [-0.3, -0.25) is 9.36 Å². The second kappa shape index (κ2) is 8.33. The van der Waals surface area contributed by atoms with E-state index in [1.54, 1.807) is 4.90 Å². The molecule has 3 aliphatic rings. The summed E-state index contributed by atoms with van der Waals surface area (Å²) in [5.74, 6) is 0.425. The number of epoxide rings is 1. The molecule has 1 amide bonds. The maximum atomic E-state index is 13.6. The van der Waals surface area contributed by atoms with Gasteiger partial charge < -0.3 is 24.4 Å². The summed E-state index contributed by atoms with van der Waals surface area (Å²) in [6.45, 7) is 0.893. The number of anilines is 1. The molecule has 2 fully saturated rings. The Labute approximate surface area is 186 Å². The molecule has 5 rings (SSSR count). The van der Waals surface area contributed by atoms with Crippen molar-refractivity contribution in [2.24, 2.45) is 0 Å². The third-order valence-electron chi connectivity index (χ3n) is 6.23. The molecule has 8 nitrogen and oxygen atoms in total. The Morgan fingerprint density at radius 2 is 1.97 bits per heavy atom. The third-order valence-corrected chi connectivity index (χ3v) is 6.48. The Bertz CT molecular complexity index is 957. The van der Waals surface area contributed by atoms with Crippen molar-refractivity contribution in [3.05, 3.63) is 40.5 Å². The summed E-state index contributed by atoms with van der Waals surface area (Å²) in [6.07, 6.45) is 4.35. The number of hydrogen-bond acceptors (Lipinski definition) is 6. The van der Waals surface area contributed by atoms with Gasteiger partial charge in [0.2, 0.25) is 0 Å². The number of nitrogens with zero attached hydrogens (tertiary/aromatic N) is 4. The molecule has 2 unspecified atom stereocenters. The van der Waals surface area contributed by atoms with E-state index in [9.17, 15) is 9.90 Å². The molecule has 1 saturated heterocycles. The molecule has 1 saturated carbocycles. The summed E-state index contributed by atoms with van der Waals surface area (Å²) in [7, 11) is 1.89. The van der Waals surface area contributed by atoms with Gasteiger partial charge in [-0.25, -0.2) is 0 Å². The summed E-state index contributed by atoms with van der Waals surface area (Å²) < 4.78 is 14.0. The molecule has 1 aromatic carbocycles. The predicted octanol–water partition coefficient (Wildman–Crippen LogP) is 2.86. The molecular formula is C22H27ClN4O4. The molecule has 2 aliphatic heterocycles. The number of rotatable bonds is 7. The zero-order valence-electron chi connectivity index (χ0n) is 17.5. The van der Waals surface area contributed by atoms with Crippen LogP contribution in [-0.2, 0) is 11.3 Å². The standard InChI is InChI=1S/C22H27ClN4O4/c1-25-18-17(19(29)26(11-4-12-28)21-20(25)31-21)27(13-14-7-9-15(23)10-8-14)22(24-18)30-16-5-2-3-6-16/h7-10,16,20-21,28H,2-6,11-13H2,1H3. The van der Waals surface area contributed by atoms with Crippen molar-refractivity contribution in [3.8, 4) is 6.01 Å². The minimum absolute atomic E-state index is 0.0178. The van der Waals surface area contributed by atoms with Gasteiger partial charge in [-0.1, -0.05) is 23.7 Å².